The number of hydrogen-bond acceptors (Lipinski definition) is 3. The van der Waals surface area contributed by atoms with Gasteiger partial charge in [-0.2, -0.15) is 0 Å². The lowest BCUT2D eigenvalue weighted by molar-refractivity contribution is -0.142. The molecule has 4 nitrogen and oxygen atoms in total. The molecular weight excluding hydrogens is 252 g/mol. The van der Waals surface area contributed by atoms with Crippen LogP contribution in [-0.2, 0) is 16.0 Å². The normalized spacial score (nSPS) is 13.2. The molecule has 110 valence electrons. The lowest BCUT2D eigenvalue weighted by Gasteiger charge is -2.07. The maximum atomic E-state index is 11.3. The van der Waals surface area contributed by atoms with E-state index in [2.05, 4.69) is 22.9 Å². The van der Waals surface area contributed by atoms with Crippen molar-refractivity contribution in [3.05, 3.63) is 47.6 Å². The summed E-state index contributed by atoms with van der Waals surface area (Å²) >= 11 is 0. The van der Waals surface area contributed by atoms with Crippen molar-refractivity contribution in [1.29, 1.82) is 0 Å². The first-order valence-electron chi connectivity index (χ1n) is 6.59. The number of methoxy groups -OCH3 is 1. The topological polar surface area (TPSA) is 68.1 Å². The first-order chi connectivity index (χ1) is 9.63. The average molecular weight is 276 g/mol. The van der Waals surface area contributed by atoms with Crippen molar-refractivity contribution in [2.75, 3.05) is 7.11 Å². The Labute approximate surface area is 120 Å². The molecule has 0 fully saturated rings. The van der Waals surface area contributed by atoms with E-state index in [4.69, 9.17) is 5.73 Å². The van der Waals surface area contributed by atoms with Crippen molar-refractivity contribution in [2.45, 2.75) is 26.3 Å². The van der Waals surface area contributed by atoms with Gasteiger partial charge in [0.25, 0.3) is 0 Å². The van der Waals surface area contributed by atoms with Crippen molar-refractivity contribution < 1.29 is 9.53 Å². The lowest BCUT2D eigenvalue weighted by atomic mass is 10.1. The average Bonchev–Trinajstić information content (AvgIpc) is 2.83. The molecule has 0 radical (unpaired) electrons. The molecule has 0 aliphatic rings. The van der Waals surface area contributed by atoms with E-state index >= 15 is 0 Å². The summed E-state index contributed by atoms with van der Waals surface area (Å²) in [6.07, 6.45) is 9.34. The van der Waals surface area contributed by atoms with Crippen LogP contribution in [0.15, 0.2) is 31.5 Å². The second-order valence-electron chi connectivity index (χ2n) is 3.78. The number of rotatable bonds is 5. The van der Waals surface area contributed by atoms with Gasteiger partial charge < -0.3 is 15.5 Å². The van der Waals surface area contributed by atoms with Crippen molar-refractivity contribution in [3.8, 4) is 0 Å². The van der Waals surface area contributed by atoms with Gasteiger partial charge in [0.2, 0.25) is 0 Å². The minimum atomic E-state index is -0.667. The van der Waals surface area contributed by atoms with E-state index in [-0.39, 0.29) is 0 Å². The van der Waals surface area contributed by atoms with Crippen LogP contribution in [0.2, 0.25) is 0 Å². The van der Waals surface area contributed by atoms with Gasteiger partial charge in [0.1, 0.15) is 6.04 Å². The second kappa shape index (κ2) is 9.81. The minimum Gasteiger partial charge on any atom is -0.468 e. The summed E-state index contributed by atoms with van der Waals surface area (Å²) < 4.78 is 4.61. The van der Waals surface area contributed by atoms with Crippen LogP contribution in [-0.4, -0.2) is 24.1 Å². The Kier molecular flexibility index (Phi) is 8.79. The van der Waals surface area contributed by atoms with Crippen LogP contribution in [0.4, 0.5) is 0 Å². The summed E-state index contributed by atoms with van der Waals surface area (Å²) in [5, 5.41) is 1.88. The molecule has 0 saturated heterocycles. The Morgan fingerprint density at radius 2 is 2.00 bits per heavy atom. The van der Waals surface area contributed by atoms with Crippen LogP contribution in [0.3, 0.4) is 0 Å². The van der Waals surface area contributed by atoms with E-state index in [0.29, 0.717) is 6.42 Å². The second-order valence-corrected chi connectivity index (χ2v) is 3.78. The summed E-state index contributed by atoms with van der Waals surface area (Å²) in [5.41, 5.74) is 6.69. The van der Waals surface area contributed by atoms with E-state index < -0.39 is 12.0 Å². The molecular formula is C16H24N2O2. The van der Waals surface area contributed by atoms with Crippen molar-refractivity contribution in [2.24, 2.45) is 5.73 Å². The number of nitrogens with one attached hydrogen (secondary N) is 1. The lowest BCUT2D eigenvalue weighted by Crippen LogP contribution is -2.36. The van der Waals surface area contributed by atoms with Crippen molar-refractivity contribution >= 4 is 18.1 Å². The molecule has 3 N–H and O–H groups in total. The van der Waals surface area contributed by atoms with E-state index in [9.17, 15) is 4.79 Å². The van der Waals surface area contributed by atoms with E-state index in [1.54, 1.807) is 12.2 Å². The maximum absolute atomic E-state index is 11.3. The standard InChI is InChI=1S/C14H18N2O2.C2H6/c1-4-6-11-10(8-12(15)14(17)18-3)9-16-13(11)7-5-2;1-2/h4-7,9,12,16H,1-2,8,15H2,3H3;1-2H3/b11-6-,13-7+;. The van der Waals surface area contributed by atoms with Gasteiger partial charge in [-0.15, -0.1) is 0 Å². The van der Waals surface area contributed by atoms with Crippen LogP contribution in [0.25, 0.3) is 12.2 Å². The molecule has 0 spiro atoms. The third-order valence-corrected chi connectivity index (χ3v) is 2.55. The fourth-order valence-electron chi connectivity index (χ4n) is 1.70. The van der Waals surface area contributed by atoms with Crippen LogP contribution >= 0.6 is 0 Å². The molecule has 1 heterocycles. The molecule has 20 heavy (non-hydrogen) atoms. The monoisotopic (exact) mass is 276 g/mol. The molecule has 0 bridgehead atoms. The van der Waals surface area contributed by atoms with Gasteiger partial charge in [-0.3, -0.25) is 4.79 Å². The fraction of sp³-hybridized carbons (Fsp3) is 0.312. The van der Waals surface area contributed by atoms with Crippen LogP contribution in [0, 0.1) is 0 Å². The van der Waals surface area contributed by atoms with Gasteiger partial charge in [0.05, 0.1) is 7.11 Å². The molecule has 1 aromatic rings. The number of ether oxygens (including phenoxy) is 1. The highest BCUT2D eigenvalue weighted by atomic mass is 16.5. The minimum absolute atomic E-state index is 0.411. The van der Waals surface area contributed by atoms with Gasteiger partial charge in [0, 0.05) is 23.2 Å². The third kappa shape index (κ3) is 4.90. The number of carbonyl (C=O) groups is 1. The fourth-order valence-corrected chi connectivity index (χ4v) is 1.70. The number of nitrogens with two attached hydrogens (primary N) is 1. The number of hydrogen-bond donors (Lipinski definition) is 2. The van der Waals surface area contributed by atoms with E-state index in [1.807, 2.05) is 32.2 Å². The summed E-state index contributed by atoms with van der Waals surface area (Å²) in [7, 11) is 1.33. The highest BCUT2D eigenvalue weighted by Crippen LogP contribution is 1.95. The zero-order chi connectivity index (χ0) is 15.5. The van der Waals surface area contributed by atoms with Gasteiger partial charge in [-0.25, -0.2) is 0 Å². The number of aromatic amines is 1. The Hall–Kier alpha value is -2.07. The maximum Gasteiger partial charge on any atom is 0.322 e. The van der Waals surface area contributed by atoms with E-state index in [0.717, 1.165) is 16.1 Å². The SMILES string of the molecule is C=C/C=c1/c(CC(N)C(=O)OC)c[nH]/c1=C/C=C.CC. The predicted molar refractivity (Wildman–Crippen MR) is 84.4 cm³/mol. The molecule has 1 atom stereocenters. The Bertz CT molecular complexity index is 556. The molecule has 0 aromatic carbocycles. The highest BCUT2D eigenvalue weighted by Gasteiger charge is 2.15. The Balaban J connectivity index is 0.00000172. The summed E-state index contributed by atoms with van der Waals surface area (Å²) in [4.78, 5) is 14.4. The zero-order valence-corrected chi connectivity index (χ0v) is 12.5. The first-order valence-corrected chi connectivity index (χ1v) is 6.59. The van der Waals surface area contributed by atoms with E-state index in [1.165, 1.54) is 7.11 Å². The molecule has 1 aromatic heterocycles. The number of H-pyrrole nitrogens is 1. The largest absolute Gasteiger partial charge is 0.468 e. The van der Waals surface area contributed by atoms with Crippen LogP contribution in [0.1, 0.15) is 19.4 Å². The summed E-state index contributed by atoms with van der Waals surface area (Å²) in [5.74, 6) is -0.421. The summed E-state index contributed by atoms with van der Waals surface area (Å²) in [6, 6.07) is -0.667. The zero-order valence-electron chi connectivity index (χ0n) is 12.5. The molecule has 1 unspecified atom stereocenters. The highest BCUT2D eigenvalue weighted by molar-refractivity contribution is 5.75. The van der Waals surface area contributed by atoms with Crippen LogP contribution < -0.4 is 16.3 Å². The Morgan fingerprint density at radius 1 is 1.40 bits per heavy atom. The molecule has 0 aliphatic heterocycles. The molecule has 0 amide bonds. The smallest absolute Gasteiger partial charge is 0.322 e. The number of carbonyl (C=O) groups excluding carboxylic acids is 1. The van der Waals surface area contributed by atoms with Crippen molar-refractivity contribution in [3.63, 3.8) is 0 Å². The number of esters is 1. The predicted octanol–water partition coefficient (Wildman–Crippen LogP) is 1.02. The quantitative estimate of drug-likeness (QED) is 0.789. The molecule has 4 heteroatoms. The van der Waals surface area contributed by atoms with Gasteiger partial charge >= 0.3 is 5.97 Å². The van der Waals surface area contributed by atoms with Gasteiger partial charge in [-0.1, -0.05) is 45.2 Å². The number of aromatic nitrogens is 1. The molecule has 0 aliphatic carbocycles. The van der Waals surface area contributed by atoms with Gasteiger partial charge in [0.15, 0.2) is 0 Å². The molecule has 1 rings (SSSR count). The van der Waals surface area contributed by atoms with Crippen molar-refractivity contribution in [1.82, 2.24) is 4.98 Å². The number of allylic oxidation sites excluding steroid dienone is 2. The van der Waals surface area contributed by atoms with Gasteiger partial charge in [-0.05, 0) is 11.6 Å². The molecule has 0 saturated carbocycles. The summed E-state index contributed by atoms with van der Waals surface area (Å²) in [6.45, 7) is 11.3. The first kappa shape index (κ1) is 17.9. The Morgan fingerprint density at radius 3 is 2.50 bits per heavy atom. The third-order valence-electron chi connectivity index (χ3n) is 2.55. The van der Waals surface area contributed by atoms with Crippen LogP contribution in [0.5, 0.6) is 0 Å².